The SMILES string of the molecule is Cc1nc(N2CCN(Cc3ccccc3)C2=O)sc1C(=O)NCc1ccccc1F. The van der Waals surface area contributed by atoms with Crippen LogP contribution in [0.1, 0.15) is 26.5 Å². The maximum Gasteiger partial charge on any atom is 0.326 e. The molecule has 0 bridgehead atoms. The number of anilines is 1. The van der Waals surface area contributed by atoms with Gasteiger partial charge in [0.05, 0.1) is 5.69 Å². The van der Waals surface area contributed by atoms with Crippen molar-refractivity contribution in [2.45, 2.75) is 20.0 Å². The molecule has 3 aromatic rings. The minimum absolute atomic E-state index is 0.0890. The zero-order chi connectivity index (χ0) is 21.1. The molecule has 0 atom stereocenters. The average Bonchev–Trinajstić information content (AvgIpc) is 3.30. The standard InChI is InChI=1S/C22H21FN4O2S/c1-15-19(20(28)24-13-17-9-5-6-10-18(17)23)30-21(25-15)27-12-11-26(22(27)29)14-16-7-3-2-4-8-16/h2-10H,11-14H2,1H3,(H,24,28). The van der Waals surface area contributed by atoms with Crippen molar-refractivity contribution < 1.29 is 14.0 Å². The number of hydrogen-bond acceptors (Lipinski definition) is 4. The first kappa shape index (κ1) is 20.0. The summed E-state index contributed by atoms with van der Waals surface area (Å²) in [5.41, 5.74) is 2.03. The molecule has 0 radical (unpaired) electrons. The zero-order valence-corrected chi connectivity index (χ0v) is 17.3. The van der Waals surface area contributed by atoms with Crippen LogP contribution in [0.5, 0.6) is 0 Å². The number of aromatic nitrogens is 1. The molecule has 1 fully saturated rings. The third kappa shape index (κ3) is 4.18. The molecule has 30 heavy (non-hydrogen) atoms. The number of nitrogens with one attached hydrogen (secondary N) is 1. The molecule has 2 heterocycles. The Morgan fingerprint density at radius 3 is 2.63 bits per heavy atom. The van der Waals surface area contributed by atoms with Gasteiger partial charge < -0.3 is 10.2 Å². The summed E-state index contributed by atoms with van der Waals surface area (Å²) in [6.07, 6.45) is 0. The highest BCUT2D eigenvalue weighted by Crippen LogP contribution is 2.29. The molecule has 1 saturated heterocycles. The third-order valence-electron chi connectivity index (χ3n) is 4.93. The van der Waals surface area contributed by atoms with Gasteiger partial charge in [-0.25, -0.2) is 14.2 Å². The van der Waals surface area contributed by atoms with Gasteiger partial charge in [0, 0.05) is 31.7 Å². The Hall–Kier alpha value is -3.26. The number of amides is 3. The third-order valence-corrected chi connectivity index (χ3v) is 6.11. The van der Waals surface area contributed by atoms with Gasteiger partial charge in [0.15, 0.2) is 5.13 Å². The second-order valence-electron chi connectivity index (χ2n) is 7.03. The molecule has 8 heteroatoms. The number of aryl methyl sites for hydroxylation is 1. The number of hydrogen-bond donors (Lipinski definition) is 1. The Morgan fingerprint density at radius 1 is 1.13 bits per heavy atom. The number of carbonyl (C=O) groups is 2. The maximum absolute atomic E-state index is 13.8. The lowest BCUT2D eigenvalue weighted by atomic mass is 10.2. The van der Waals surface area contributed by atoms with Crippen LogP contribution in [0.4, 0.5) is 14.3 Å². The summed E-state index contributed by atoms with van der Waals surface area (Å²) in [7, 11) is 0. The van der Waals surface area contributed by atoms with Gasteiger partial charge in [-0.3, -0.25) is 9.69 Å². The lowest BCUT2D eigenvalue weighted by Gasteiger charge is -2.16. The molecule has 1 aliphatic heterocycles. The average molecular weight is 425 g/mol. The first-order valence-corrected chi connectivity index (χ1v) is 10.4. The van der Waals surface area contributed by atoms with Crippen molar-refractivity contribution in [1.82, 2.24) is 15.2 Å². The molecule has 0 unspecified atom stereocenters. The number of benzene rings is 2. The van der Waals surface area contributed by atoms with E-state index in [1.807, 2.05) is 30.3 Å². The van der Waals surface area contributed by atoms with Crippen molar-refractivity contribution in [2.75, 3.05) is 18.0 Å². The van der Waals surface area contributed by atoms with Crippen molar-refractivity contribution in [3.05, 3.63) is 82.1 Å². The number of thiazole rings is 1. The van der Waals surface area contributed by atoms with E-state index in [2.05, 4.69) is 10.3 Å². The molecule has 0 saturated carbocycles. The molecular formula is C22H21FN4O2S. The molecular weight excluding hydrogens is 403 g/mol. The maximum atomic E-state index is 13.8. The number of carbonyl (C=O) groups excluding carboxylic acids is 2. The summed E-state index contributed by atoms with van der Waals surface area (Å²) in [5.74, 6) is -0.687. The molecule has 6 nitrogen and oxygen atoms in total. The van der Waals surface area contributed by atoms with E-state index < -0.39 is 0 Å². The zero-order valence-electron chi connectivity index (χ0n) is 16.5. The summed E-state index contributed by atoms with van der Waals surface area (Å²) in [4.78, 5) is 33.7. The molecule has 1 N–H and O–H groups in total. The van der Waals surface area contributed by atoms with Crippen LogP contribution in [-0.2, 0) is 13.1 Å². The molecule has 1 aromatic heterocycles. The molecule has 2 aromatic carbocycles. The first-order valence-electron chi connectivity index (χ1n) is 9.62. The van der Waals surface area contributed by atoms with E-state index in [-0.39, 0.29) is 24.3 Å². The van der Waals surface area contributed by atoms with Crippen LogP contribution in [-0.4, -0.2) is 34.9 Å². The van der Waals surface area contributed by atoms with Crippen molar-refractivity contribution >= 4 is 28.4 Å². The lowest BCUT2D eigenvalue weighted by molar-refractivity contribution is 0.0954. The van der Waals surface area contributed by atoms with E-state index in [0.717, 1.165) is 5.56 Å². The highest BCUT2D eigenvalue weighted by atomic mass is 32.1. The van der Waals surface area contributed by atoms with E-state index >= 15 is 0 Å². The van der Waals surface area contributed by atoms with E-state index in [9.17, 15) is 14.0 Å². The minimum Gasteiger partial charge on any atom is -0.347 e. The summed E-state index contributed by atoms with van der Waals surface area (Å²) in [5, 5.41) is 3.23. The Kier molecular flexibility index (Phi) is 5.76. The van der Waals surface area contributed by atoms with Gasteiger partial charge in [0.1, 0.15) is 10.7 Å². The highest BCUT2D eigenvalue weighted by Gasteiger charge is 2.32. The van der Waals surface area contributed by atoms with Gasteiger partial charge >= 0.3 is 6.03 Å². The summed E-state index contributed by atoms with van der Waals surface area (Å²) < 4.78 is 13.8. The molecule has 1 aliphatic rings. The van der Waals surface area contributed by atoms with Crippen LogP contribution >= 0.6 is 11.3 Å². The monoisotopic (exact) mass is 424 g/mol. The van der Waals surface area contributed by atoms with E-state index in [4.69, 9.17) is 0 Å². The van der Waals surface area contributed by atoms with Crippen molar-refractivity contribution in [1.29, 1.82) is 0 Å². The molecule has 3 amide bonds. The van der Waals surface area contributed by atoms with Crippen LogP contribution in [0, 0.1) is 12.7 Å². The second-order valence-corrected chi connectivity index (χ2v) is 8.00. The minimum atomic E-state index is -0.360. The van der Waals surface area contributed by atoms with Crippen molar-refractivity contribution in [3.63, 3.8) is 0 Å². The van der Waals surface area contributed by atoms with Crippen molar-refractivity contribution in [2.24, 2.45) is 0 Å². The van der Waals surface area contributed by atoms with Gasteiger partial charge in [-0.1, -0.05) is 59.9 Å². The fourth-order valence-corrected chi connectivity index (χ4v) is 4.32. The van der Waals surface area contributed by atoms with Crippen LogP contribution in [0.25, 0.3) is 0 Å². The van der Waals surface area contributed by atoms with E-state index in [1.54, 1.807) is 34.9 Å². The largest absolute Gasteiger partial charge is 0.347 e. The molecule has 154 valence electrons. The Labute approximate surface area is 178 Å². The van der Waals surface area contributed by atoms with Gasteiger partial charge in [0.2, 0.25) is 0 Å². The van der Waals surface area contributed by atoms with E-state index in [0.29, 0.717) is 40.9 Å². The molecule has 0 spiro atoms. The predicted octanol–water partition coefficient (Wildman–Crippen LogP) is 3.96. The second kappa shape index (κ2) is 8.62. The summed E-state index contributed by atoms with van der Waals surface area (Å²) in [6, 6.07) is 16.0. The normalized spacial score (nSPS) is 13.7. The lowest BCUT2D eigenvalue weighted by Crippen LogP contribution is -2.31. The van der Waals surface area contributed by atoms with Gasteiger partial charge in [-0.05, 0) is 18.6 Å². The fraction of sp³-hybridized carbons (Fsp3) is 0.227. The Bertz CT molecular complexity index is 1070. The quantitative estimate of drug-likeness (QED) is 0.651. The molecule has 4 rings (SSSR count). The number of urea groups is 1. The Morgan fingerprint density at radius 2 is 1.87 bits per heavy atom. The van der Waals surface area contributed by atoms with Crippen LogP contribution in [0.2, 0.25) is 0 Å². The summed E-state index contributed by atoms with van der Waals surface area (Å²) in [6.45, 7) is 3.48. The smallest absolute Gasteiger partial charge is 0.326 e. The van der Waals surface area contributed by atoms with Crippen LogP contribution < -0.4 is 10.2 Å². The summed E-state index contributed by atoms with van der Waals surface area (Å²) >= 11 is 1.18. The van der Waals surface area contributed by atoms with Gasteiger partial charge in [-0.2, -0.15) is 0 Å². The predicted molar refractivity (Wildman–Crippen MR) is 114 cm³/mol. The number of nitrogens with zero attached hydrogens (tertiary/aromatic N) is 3. The fourth-order valence-electron chi connectivity index (χ4n) is 3.32. The topological polar surface area (TPSA) is 65.5 Å². The van der Waals surface area contributed by atoms with Crippen LogP contribution in [0.3, 0.4) is 0 Å². The van der Waals surface area contributed by atoms with E-state index in [1.165, 1.54) is 17.4 Å². The van der Waals surface area contributed by atoms with Crippen molar-refractivity contribution in [3.8, 4) is 0 Å². The number of halogens is 1. The Balaban J connectivity index is 1.42. The van der Waals surface area contributed by atoms with Crippen LogP contribution in [0.15, 0.2) is 54.6 Å². The number of rotatable bonds is 6. The van der Waals surface area contributed by atoms with Gasteiger partial charge in [-0.15, -0.1) is 0 Å². The van der Waals surface area contributed by atoms with Gasteiger partial charge in [0.25, 0.3) is 5.91 Å². The highest BCUT2D eigenvalue weighted by molar-refractivity contribution is 7.17. The molecule has 0 aliphatic carbocycles. The first-order chi connectivity index (χ1) is 14.5.